The van der Waals surface area contributed by atoms with Crippen LogP contribution in [0.25, 0.3) is 0 Å². The van der Waals surface area contributed by atoms with Gasteiger partial charge in [0.05, 0.1) is 0 Å². The van der Waals surface area contributed by atoms with E-state index in [0.717, 1.165) is 25.9 Å². The number of amides is 2. The molecular weight excluding hydrogens is 420 g/mol. The predicted octanol–water partition coefficient (Wildman–Crippen LogP) is 4.32. The van der Waals surface area contributed by atoms with E-state index in [9.17, 15) is 9.59 Å². The Morgan fingerprint density at radius 1 is 0.618 bits per heavy atom. The molecular formula is C30H28N2O2. The zero-order chi connectivity index (χ0) is 22.8. The third kappa shape index (κ3) is 3.19. The Balaban J connectivity index is 0.903. The molecule has 0 radical (unpaired) electrons. The van der Waals surface area contributed by atoms with Gasteiger partial charge in [-0.15, -0.1) is 0 Å². The molecule has 34 heavy (non-hydrogen) atoms. The number of fused-ring (bicyclic) bond motifs is 6. The molecule has 2 N–H and O–H groups in total. The van der Waals surface area contributed by atoms with Crippen molar-refractivity contribution in [2.45, 2.75) is 24.7 Å². The highest BCUT2D eigenvalue weighted by atomic mass is 16.2. The van der Waals surface area contributed by atoms with E-state index in [4.69, 9.17) is 0 Å². The fraction of sp³-hybridized carbons (Fsp3) is 0.333. The van der Waals surface area contributed by atoms with Crippen LogP contribution >= 0.6 is 0 Å². The summed E-state index contributed by atoms with van der Waals surface area (Å²) < 4.78 is 0. The molecule has 0 bridgehead atoms. The Kier molecular flexibility index (Phi) is 4.45. The Hall–Kier alpha value is -3.40. The summed E-state index contributed by atoms with van der Waals surface area (Å²) >= 11 is 0. The maximum atomic E-state index is 12.6. The lowest BCUT2D eigenvalue weighted by Gasteiger charge is -2.10. The monoisotopic (exact) mass is 448 g/mol. The van der Waals surface area contributed by atoms with Gasteiger partial charge in [0.2, 0.25) is 0 Å². The van der Waals surface area contributed by atoms with Crippen LogP contribution in [0.4, 0.5) is 0 Å². The molecule has 7 rings (SSSR count). The van der Waals surface area contributed by atoms with Crippen LogP contribution in [-0.4, -0.2) is 24.9 Å². The van der Waals surface area contributed by atoms with Crippen molar-refractivity contribution in [2.75, 3.05) is 13.1 Å². The average Bonchev–Trinajstić information content (AvgIpc) is 3.64. The number of hydrogen-bond donors (Lipinski definition) is 2. The van der Waals surface area contributed by atoms with Crippen molar-refractivity contribution in [3.8, 4) is 0 Å². The first kappa shape index (κ1) is 20.0. The minimum atomic E-state index is -0.0605. The first-order valence-electron chi connectivity index (χ1n) is 12.5. The highest BCUT2D eigenvalue weighted by molar-refractivity contribution is 5.97. The van der Waals surface area contributed by atoms with Crippen molar-refractivity contribution in [2.24, 2.45) is 23.7 Å². The first-order chi connectivity index (χ1) is 16.7. The van der Waals surface area contributed by atoms with E-state index in [1.54, 1.807) is 24.3 Å². The van der Waals surface area contributed by atoms with Crippen LogP contribution < -0.4 is 10.6 Å². The summed E-state index contributed by atoms with van der Waals surface area (Å²) in [5, 5.41) is 6.22. The smallest absolute Gasteiger partial charge is 0.251 e. The summed E-state index contributed by atoms with van der Waals surface area (Å²) in [5.74, 6) is 3.58. The van der Waals surface area contributed by atoms with Gasteiger partial charge in [-0.05, 0) is 94.9 Å². The van der Waals surface area contributed by atoms with Crippen LogP contribution in [0.5, 0.6) is 0 Å². The minimum Gasteiger partial charge on any atom is -0.352 e. The molecule has 3 aromatic rings. The van der Waals surface area contributed by atoms with E-state index in [2.05, 4.69) is 59.2 Å². The van der Waals surface area contributed by atoms with Crippen molar-refractivity contribution in [3.63, 3.8) is 0 Å². The van der Waals surface area contributed by atoms with Crippen molar-refractivity contribution in [3.05, 3.63) is 106 Å². The molecule has 2 fully saturated rings. The van der Waals surface area contributed by atoms with E-state index in [1.165, 1.54) is 22.3 Å². The molecule has 4 nitrogen and oxygen atoms in total. The molecule has 4 aliphatic rings. The molecule has 0 heterocycles. The number of hydrogen-bond acceptors (Lipinski definition) is 2. The van der Waals surface area contributed by atoms with Gasteiger partial charge in [-0.3, -0.25) is 9.59 Å². The fourth-order valence-corrected chi connectivity index (χ4v) is 6.92. The van der Waals surface area contributed by atoms with E-state index in [1.807, 2.05) is 0 Å². The number of carbonyl (C=O) groups is 2. The Bertz CT molecular complexity index is 1200. The summed E-state index contributed by atoms with van der Waals surface area (Å²) in [6.07, 6.45) is 2.28. The third-order valence-electron chi connectivity index (χ3n) is 8.81. The molecule has 6 atom stereocenters. The molecule has 2 saturated carbocycles. The molecule has 170 valence electrons. The van der Waals surface area contributed by atoms with Gasteiger partial charge in [0.1, 0.15) is 0 Å². The number of benzene rings is 3. The zero-order valence-electron chi connectivity index (χ0n) is 19.0. The van der Waals surface area contributed by atoms with Gasteiger partial charge in [-0.2, -0.15) is 0 Å². The molecule has 4 heteroatoms. The van der Waals surface area contributed by atoms with Gasteiger partial charge >= 0.3 is 0 Å². The van der Waals surface area contributed by atoms with Crippen LogP contribution in [0, 0.1) is 23.7 Å². The zero-order valence-corrected chi connectivity index (χ0v) is 19.0. The molecule has 0 spiro atoms. The van der Waals surface area contributed by atoms with Gasteiger partial charge in [-0.25, -0.2) is 0 Å². The standard InChI is InChI=1S/C30H28N2O2/c33-29(31-15-25-23-13-19-5-1-3-7-21(19)27(23)25)17-9-11-18(12-10-17)30(34)32-16-26-24-14-20-6-2-4-8-22(20)28(24)26/h1-12,23-28H,13-16H2,(H,31,33)(H,32,34). The normalized spacial score (nSPS) is 28.8. The second-order valence-electron chi connectivity index (χ2n) is 10.5. The highest BCUT2D eigenvalue weighted by Gasteiger charge is 2.55. The molecule has 0 saturated heterocycles. The molecule has 2 amide bonds. The molecule has 3 aromatic carbocycles. The maximum absolute atomic E-state index is 12.6. The Morgan fingerprint density at radius 2 is 1.03 bits per heavy atom. The van der Waals surface area contributed by atoms with Crippen LogP contribution in [-0.2, 0) is 12.8 Å². The van der Waals surface area contributed by atoms with Gasteiger partial charge in [-0.1, -0.05) is 48.5 Å². The molecule has 4 aliphatic carbocycles. The highest BCUT2D eigenvalue weighted by Crippen LogP contribution is 2.61. The van der Waals surface area contributed by atoms with Crippen molar-refractivity contribution in [1.29, 1.82) is 0 Å². The van der Waals surface area contributed by atoms with Crippen molar-refractivity contribution < 1.29 is 9.59 Å². The van der Waals surface area contributed by atoms with Crippen molar-refractivity contribution >= 4 is 11.8 Å². The van der Waals surface area contributed by atoms with E-state index in [-0.39, 0.29) is 11.8 Å². The summed E-state index contributed by atoms with van der Waals surface area (Å²) in [5.41, 5.74) is 7.11. The van der Waals surface area contributed by atoms with E-state index in [0.29, 0.717) is 46.6 Å². The number of nitrogens with one attached hydrogen (secondary N) is 2. The maximum Gasteiger partial charge on any atom is 0.251 e. The van der Waals surface area contributed by atoms with E-state index < -0.39 is 0 Å². The Labute approximate surface area is 199 Å². The number of carbonyl (C=O) groups excluding carboxylic acids is 2. The predicted molar refractivity (Wildman–Crippen MR) is 131 cm³/mol. The second-order valence-corrected chi connectivity index (χ2v) is 10.5. The Morgan fingerprint density at radius 3 is 1.47 bits per heavy atom. The molecule has 6 unspecified atom stereocenters. The summed E-state index contributed by atoms with van der Waals surface area (Å²) in [7, 11) is 0. The quantitative estimate of drug-likeness (QED) is 0.590. The van der Waals surface area contributed by atoms with E-state index >= 15 is 0 Å². The average molecular weight is 449 g/mol. The number of rotatable bonds is 6. The summed E-state index contributed by atoms with van der Waals surface area (Å²) in [4.78, 5) is 25.3. The first-order valence-corrected chi connectivity index (χ1v) is 12.5. The summed E-state index contributed by atoms with van der Waals surface area (Å²) in [6, 6.07) is 24.4. The van der Waals surface area contributed by atoms with Crippen LogP contribution in [0.15, 0.2) is 72.8 Å². The summed E-state index contributed by atoms with van der Waals surface area (Å²) in [6.45, 7) is 1.44. The van der Waals surface area contributed by atoms with Crippen LogP contribution in [0.3, 0.4) is 0 Å². The lowest BCUT2D eigenvalue weighted by molar-refractivity contribution is 0.0939. The molecule has 0 aromatic heterocycles. The minimum absolute atomic E-state index is 0.0605. The van der Waals surface area contributed by atoms with Gasteiger partial charge in [0.25, 0.3) is 11.8 Å². The lowest BCUT2D eigenvalue weighted by Crippen LogP contribution is -2.28. The van der Waals surface area contributed by atoms with Crippen LogP contribution in [0.1, 0.15) is 54.8 Å². The topological polar surface area (TPSA) is 58.2 Å². The third-order valence-corrected chi connectivity index (χ3v) is 8.81. The lowest BCUT2D eigenvalue weighted by atomic mass is 10.0. The largest absolute Gasteiger partial charge is 0.352 e. The molecule has 0 aliphatic heterocycles. The van der Waals surface area contributed by atoms with Gasteiger partial charge in [0, 0.05) is 24.2 Å². The van der Waals surface area contributed by atoms with Gasteiger partial charge < -0.3 is 10.6 Å². The second kappa shape index (κ2) is 7.56. The SMILES string of the molecule is O=C(NCC1C2Cc3ccccc3C12)c1ccc(C(=O)NCC2C3Cc4ccccc4C23)cc1. The van der Waals surface area contributed by atoms with Crippen LogP contribution in [0.2, 0.25) is 0 Å². The van der Waals surface area contributed by atoms with Gasteiger partial charge in [0.15, 0.2) is 0 Å². The van der Waals surface area contributed by atoms with Crippen molar-refractivity contribution in [1.82, 2.24) is 10.6 Å². The fourth-order valence-electron chi connectivity index (χ4n) is 6.92.